The Morgan fingerprint density at radius 1 is 0.818 bits per heavy atom. The summed E-state index contributed by atoms with van der Waals surface area (Å²) >= 11 is 6.42. The average Bonchev–Trinajstić information content (AvgIpc) is 3.00. The van der Waals surface area contributed by atoms with Crippen molar-refractivity contribution >= 4 is 39.1 Å². The van der Waals surface area contributed by atoms with Gasteiger partial charge in [-0.15, -0.1) is 0 Å². The van der Waals surface area contributed by atoms with Gasteiger partial charge < -0.3 is 15.0 Å². The van der Waals surface area contributed by atoms with Gasteiger partial charge in [-0.1, -0.05) is 65.7 Å². The van der Waals surface area contributed by atoms with Gasteiger partial charge in [0.2, 0.25) is 11.8 Å². The van der Waals surface area contributed by atoms with Crippen molar-refractivity contribution in [1.29, 1.82) is 0 Å². The van der Waals surface area contributed by atoms with Crippen LogP contribution in [0.3, 0.4) is 0 Å². The van der Waals surface area contributed by atoms with Crippen LogP contribution in [-0.4, -0.2) is 43.8 Å². The molecule has 0 radical (unpaired) electrons. The van der Waals surface area contributed by atoms with E-state index in [0.29, 0.717) is 22.1 Å². The molecule has 1 N–H and O–H groups in total. The Balaban J connectivity index is 1.71. The number of benzene rings is 4. The highest BCUT2D eigenvalue weighted by Gasteiger charge is 2.33. The average molecular weight is 634 g/mol. The number of sulfonamides is 1. The summed E-state index contributed by atoms with van der Waals surface area (Å²) in [4.78, 5) is 28.6. The summed E-state index contributed by atoms with van der Waals surface area (Å²) in [6, 6.07) is 28.0. The highest BCUT2D eigenvalue weighted by Crippen LogP contribution is 2.29. The summed E-state index contributed by atoms with van der Waals surface area (Å²) in [7, 11) is -4.20. The molecule has 1 atom stereocenters. The number of rotatable bonds is 12. The maximum absolute atomic E-state index is 14.1. The van der Waals surface area contributed by atoms with E-state index in [2.05, 4.69) is 5.32 Å². The summed E-state index contributed by atoms with van der Waals surface area (Å²) in [5.41, 5.74) is 1.78. The highest BCUT2D eigenvalue weighted by atomic mass is 35.5. The van der Waals surface area contributed by atoms with Crippen LogP contribution in [-0.2, 0) is 26.2 Å². The SMILES string of the molecule is Cc1ccc(S(=O)(=O)N(CC(=O)N(Cc2ccccc2Cl)[C@@H](C)C(=O)NC(C)C)c2ccc(Oc3ccccc3)cc2)cc1. The number of para-hydroxylation sites is 1. The lowest BCUT2D eigenvalue weighted by atomic mass is 10.1. The first-order chi connectivity index (χ1) is 21.0. The standard InChI is InChI=1S/C34H36ClN3O5S/c1-24(2)36-34(40)26(4)37(22-27-10-8-9-13-32(27)35)33(39)23-38(44(41,42)31-20-14-25(3)15-21-31)28-16-18-30(19-17-28)43-29-11-6-5-7-12-29/h5-21,24,26H,22-23H2,1-4H3,(H,36,40)/t26-/m0/s1. The Bertz CT molecular complexity index is 1680. The number of nitrogens with one attached hydrogen (secondary N) is 1. The van der Waals surface area contributed by atoms with Crippen molar-refractivity contribution in [3.8, 4) is 11.5 Å². The van der Waals surface area contributed by atoms with E-state index in [9.17, 15) is 18.0 Å². The molecule has 0 aliphatic heterocycles. The highest BCUT2D eigenvalue weighted by molar-refractivity contribution is 7.92. The van der Waals surface area contributed by atoms with Crippen LogP contribution in [0.15, 0.2) is 108 Å². The predicted molar refractivity (Wildman–Crippen MR) is 173 cm³/mol. The molecule has 0 unspecified atom stereocenters. The van der Waals surface area contributed by atoms with E-state index in [1.165, 1.54) is 17.0 Å². The van der Waals surface area contributed by atoms with Crippen LogP contribution < -0.4 is 14.4 Å². The lowest BCUT2D eigenvalue weighted by Gasteiger charge is -2.32. The largest absolute Gasteiger partial charge is 0.457 e. The lowest BCUT2D eigenvalue weighted by molar-refractivity contribution is -0.139. The van der Waals surface area contributed by atoms with Crippen molar-refractivity contribution < 1.29 is 22.7 Å². The van der Waals surface area contributed by atoms with Crippen LogP contribution in [0.25, 0.3) is 0 Å². The molecule has 0 aliphatic rings. The first-order valence-electron chi connectivity index (χ1n) is 14.2. The molecule has 10 heteroatoms. The maximum Gasteiger partial charge on any atom is 0.264 e. The fraction of sp³-hybridized carbons (Fsp3) is 0.235. The minimum atomic E-state index is -4.20. The number of amides is 2. The minimum Gasteiger partial charge on any atom is -0.457 e. The van der Waals surface area contributed by atoms with E-state index in [0.717, 1.165) is 9.87 Å². The quantitative estimate of drug-likeness (QED) is 0.190. The number of carbonyl (C=O) groups is 2. The van der Waals surface area contributed by atoms with Crippen molar-refractivity contribution in [2.45, 2.75) is 51.2 Å². The van der Waals surface area contributed by atoms with Gasteiger partial charge in [0, 0.05) is 17.6 Å². The van der Waals surface area contributed by atoms with Gasteiger partial charge >= 0.3 is 0 Å². The van der Waals surface area contributed by atoms with Crippen LogP contribution in [0.1, 0.15) is 31.9 Å². The fourth-order valence-electron chi connectivity index (χ4n) is 4.47. The zero-order valence-corrected chi connectivity index (χ0v) is 26.7. The third kappa shape index (κ3) is 8.18. The van der Waals surface area contributed by atoms with E-state index in [1.807, 2.05) is 51.1 Å². The van der Waals surface area contributed by atoms with Crippen LogP contribution in [0.5, 0.6) is 11.5 Å². The molecule has 0 spiro atoms. The van der Waals surface area contributed by atoms with E-state index >= 15 is 0 Å². The first-order valence-corrected chi connectivity index (χ1v) is 16.0. The third-order valence-corrected chi connectivity index (χ3v) is 9.05. The van der Waals surface area contributed by atoms with E-state index < -0.39 is 28.5 Å². The Labute approximate surface area is 264 Å². The minimum absolute atomic E-state index is 0.00740. The van der Waals surface area contributed by atoms with Crippen molar-refractivity contribution in [3.05, 3.63) is 119 Å². The number of hydrogen-bond donors (Lipinski definition) is 1. The second-order valence-electron chi connectivity index (χ2n) is 10.7. The lowest BCUT2D eigenvalue weighted by Crippen LogP contribution is -2.52. The third-order valence-electron chi connectivity index (χ3n) is 6.89. The number of ether oxygens (including phenoxy) is 1. The van der Waals surface area contributed by atoms with Crippen LogP contribution in [0, 0.1) is 6.92 Å². The molecular weight excluding hydrogens is 598 g/mol. The Hall–Kier alpha value is -4.34. The Morgan fingerprint density at radius 2 is 1.41 bits per heavy atom. The molecule has 0 saturated heterocycles. The molecule has 4 aromatic carbocycles. The summed E-state index contributed by atoms with van der Waals surface area (Å²) in [5, 5.41) is 3.27. The Kier molecular flexibility index (Phi) is 10.7. The van der Waals surface area contributed by atoms with Crippen molar-refractivity contribution in [3.63, 3.8) is 0 Å². The summed E-state index contributed by atoms with van der Waals surface area (Å²) in [6.07, 6.45) is 0. The summed E-state index contributed by atoms with van der Waals surface area (Å²) in [6.45, 7) is 6.57. The normalized spacial score (nSPS) is 12.0. The van der Waals surface area contributed by atoms with Crippen molar-refractivity contribution in [2.24, 2.45) is 0 Å². The Morgan fingerprint density at radius 3 is 2.02 bits per heavy atom. The molecule has 0 fully saturated rings. The van der Waals surface area contributed by atoms with Gasteiger partial charge in [0.05, 0.1) is 10.6 Å². The molecule has 4 aromatic rings. The number of anilines is 1. The molecule has 4 rings (SSSR count). The van der Waals surface area contributed by atoms with Gasteiger partial charge in [-0.25, -0.2) is 8.42 Å². The smallest absolute Gasteiger partial charge is 0.264 e. The maximum atomic E-state index is 14.1. The molecule has 230 valence electrons. The number of hydrogen-bond acceptors (Lipinski definition) is 5. The van der Waals surface area contributed by atoms with E-state index in [4.69, 9.17) is 16.3 Å². The van der Waals surface area contributed by atoms with Crippen LogP contribution in [0.2, 0.25) is 5.02 Å². The summed E-state index contributed by atoms with van der Waals surface area (Å²) in [5.74, 6) is 0.189. The molecule has 0 aliphatic carbocycles. The van der Waals surface area contributed by atoms with Gasteiger partial charge in [0.1, 0.15) is 24.1 Å². The van der Waals surface area contributed by atoms with Gasteiger partial charge in [-0.2, -0.15) is 0 Å². The number of nitrogens with zero attached hydrogens (tertiary/aromatic N) is 2. The fourth-order valence-corrected chi connectivity index (χ4v) is 6.08. The molecule has 0 heterocycles. The van der Waals surface area contributed by atoms with Gasteiger partial charge in [0.25, 0.3) is 10.0 Å². The van der Waals surface area contributed by atoms with Crippen molar-refractivity contribution in [2.75, 3.05) is 10.8 Å². The van der Waals surface area contributed by atoms with Gasteiger partial charge in [-0.05, 0) is 87.9 Å². The predicted octanol–water partition coefficient (Wildman–Crippen LogP) is 6.58. The monoisotopic (exact) mass is 633 g/mol. The number of halogens is 1. The van der Waals surface area contributed by atoms with Gasteiger partial charge in [0.15, 0.2) is 0 Å². The van der Waals surface area contributed by atoms with E-state index in [-0.39, 0.29) is 29.1 Å². The molecule has 0 aromatic heterocycles. The van der Waals surface area contributed by atoms with Crippen molar-refractivity contribution in [1.82, 2.24) is 10.2 Å². The molecule has 0 saturated carbocycles. The summed E-state index contributed by atoms with van der Waals surface area (Å²) < 4.78 is 35.1. The second-order valence-corrected chi connectivity index (χ2v) is 13.0. The van der Waals surface area contributed by atoms with E-state index in [1.54, 1.807) is 67.6 Å². The zero-order valence-electron chi connectivity index (χ0n) is 25.1. The molecule has 44 heavy (non-hydrogen) atoms. The topological polar surface area (TPSA) is 96.0 Å². The molecule has 0 bridgehead atoms. The molecular formula is C34H36ClN3O5S. The second kappa shape index (κ2) is 14.4. The molecule has 8 nitrogen and oxygen atoms in total. The van der Waals surface area contributed by atoms with Crippen LogP contribution >= 0.6 is 11.6 Å². The van der Waals surface area contributed by atoms with Crippen LogP contribution in [0.4, 0.5) is 5.69 Å². The number of aryl methyl sites for hydroxylation is 1. The molecule has 2 amide bonds. The first kappa shape index (κ1) is 32.6. The van der Waals surface area contributed by atoms with Gasteiger partial charge in [-0.3, -0.25) is 13.9 Å². The zero-order chi connectivity index (χ0) is 31.9. The number of carbonyl (C=O) groups excluding carboxylic acids is 2.